The summed E-state index contributed by atoms with van der Waals surface area (Å²) in [6.45, 7) is 2.56. The highest BCUT2D eigenvalue weighted by Gasteiger charge is 2.36. The van der Waals surface area contributed by atoms with Gasteiger partial charge in [-0.15, -0.1) is 5.10 Å². The molecule has 0 amide bonds. The summed E-state index contributed by atoms with van der Waals surface area (Å²) in [4.78, 5) is 12.3. The van der Waals surface area contributed by atoms with Crippen LogP contribution < -0.4 is 16.7 Å². The van der Waals surface area contributed by atoms with Crippen LogP contribution in [-0.4, -0.2) is 31.7 Å². The molecule has 1 heterocycles. The number of nitrogens with two attached hydrogens (primary N) is 1. The summed E-state index contributed by atoms with van der Waals surface area (Å²) in [5.74, 6) is 0.164. The number of anilines is 2. The standard InChI is InChI=1S/C14H18F3N5O2/c1-3-21-12(7-23)20-22(13(21)24)9-4-5-10(18)11(6-9)19-8(2)14(15,16)17/h4-6,8,19,23H,3,7,18H2,1-2H3/t8-/m0/s1. The lowest BCUT2D eigenvalue weighted by atomic mass is 10.2. The minimum absolute atomic E-state index is 0.0424. The molecule has 1 atom stereocenters. The van der Waals surface area contributed by atoms with E-state index in [-0.39, 0.29) is 22.9 Å². The highest BCUT2D eigenvalue weighted by Crippen LogP contribution is 2.27. The van der Waals surface area contributed by atoms with Crippen molar-refractivity contribution in [1.29, 1.82) is 0 Å². The van der Waals surface area contributed by atoms with Crippen molar-refractivity contribution in [2.45, 2.75) is 39.2 Å². The molecule has 1 aromatic carbocycles. The van der Waals surface area contributed by atoms with Crippen molar-refractivity contribution in [3.63, 3.8) is 0 Å². The Morgan fingerprint density at radius 2 is 2.08 bits per heavy atom. The van der Waals surface area contributed by atoms with Gasteiger partial charge < -0.3 is 16.2 Å². The van der Waals surface area contributed by atoms with Crippen LogP contribution in [0.4, 0.5) is 24.5 Å². The second-order valence-electron chi connectivity index (χ2n) is 5.19. The summed E-state index contributed by atoms with van der Waals surface area (Å²) >= 11 is 0. The normalized spacial score (nSPS) is 13.1. The molecule has 132 valence electrons. The molecule has 0 fully saturated rings. The van der Waals surface area contributed by atoms with Gasteiger partial charge in [0.25, 0.3) is 0 Å². The molecule has 24 heavy (non-hydrogen) atoms. The number of nitrogens with one attached hydrogen (secondary N) is 1. The van der Waals surface area contributed by atoms with E-state index in [4.69, 9.17) is 5.73 Å². The van der Waals surface area contributed by atoms with Gasteiger partial charge in [0.15, 0.2) is 5.82 Å². The average molecular weight is 345 g/mol. The van der Waals surface area contributed by atoms with Crippen molar-refractivity contribution in [2.75, 3.05) is 11.1 Å². The molecule has 10 heteroatoms. The van der Waals surface area contributed by atoms with Gasteiger partial charge in [-0.2, -0.15) is 17.9 Å². The largest absolute Gasteiger partial charge is 0.408 e. The highest BCUT2D eigenvalue weighted by atomic mass is 19.4. The number of nitrogen functional groups attached to an aromatic ring is 1. The predicted octanol–water partition coefficient (Wildman–Crippen LogP) is 1.49. The molecule has 4 N–H and O–H groups in total. The maximum absolute atomic E-state index is 12.7. The lowest BCUT2D eigenvalue weighted by molar-refractivity contribution is -0.138. The third-order valence-corrected chi connectivity index (χ3v) is 3.54. The van der Waals surface area contributed by atoms with Crippen molar-refractivity contribution >= 4 is 11.4 Å². The Kier molecular flexibility index (Phi) is 4.88. The molecule has 0 radical (unpaired) electrons. The zero-order valence-corrected chi connectivity index (χ0v) is 13.1. The Morgan fingerprint density at radius 1 is 1.42 bits per heavy atom. The highest BCUT2D eigenvalue weighted by molar-refractivity contribution is 5.69. The van der Waals surface area contributed by atoms with E-state index in [0.717, 1.165) is 11.6 Å². The zero-order chi connectivity index (χ0) is 18.1. The Hall–Kier alpha value is -2.49. The lowest BCUT2D eigenvalue weighted by Crippen LogP contribution is -2.33. The second-order valence-corrected chi connectivity index (χ2v) is 5.19. The van der Waals surface area contributed by atoms with Crippen LogP contribution in [0.15, 0.2) is 23.0 Å². The number of alkyl halides is 3. The molecule has 0 aliphatic carbocycles. The first-order chi connectivity index (χ1) is 11.2. The summed E-state index contributed by atoms with van der Waals surface area (Å²) in [6.07, 6.45) is -4.44. The van der Waals surface area contributed by atoms with Gasteiger partial charge in [0, 0.05) is 6.54 Å². The maximum Gasteiger partial charge on any atom is 0.408 e. The Morgan fingerprint density at radius 3 is 2.58 bits per heavy atom. The van der Waals surface area contributed by atoms with Crippen molar-refractivity contribution < 1.29 is 18.3 Å². The fourth-order valence-corrected chi connectivity index (χ4v) is 2.16. The van der Waals surface area contributed by atoms with Gasteiger partial charge >= 0.3 is 11.9 Å². The van der Waals surface area contributed by atoms with Crippen molar-refractivity contribution in [3.8, 4) is 5.69 Å². The number of aliphatic hydroxyl groups is 1. The fraction of sp³-hybridized carbons (Fsp3) is 0.429. The van der Waals surface area contributed by atoms with Crippen LogP contribution in [0.2, 0.25) is 0 Å². The molecule has 0 spiro atoms. The molecule has 0 bridgehead atoms. The van der Waals surface area contributed by atoms with Crippen LogP contribution in [0.3, 0.4) is 0 Å². The quantitative estimate of drug-likeness (QED) is 0.713. The molecular weight excluding hydrogens is 327 g/mol. The SMILES string of the molecule is CCn1c(CO)nn(-c2ccc(N)c(N[C@@H](C)C(F)(F)F)c2)c1=O. The average Bonchev–Trinajstić information content (AvgIpc) is 2.84. The number of hydrogen-bond donors (Lipinski definition) is 3. The fourth-order valence-electron chi connectivity index (χ4n) is 2.16. The van der Waals surface area contributed by atoms with E-state index in [0.29, 0.717) is 6.54 Å². The first-order valence-corrected chi connectivity index (χ1v) is 7.21. The van der Waals surface area contributed by atoms with Gasteiger partial charge in [0.2, 0.25) is 0 Å². The summed E-state index contributed by atoms with van der Waals surface area (Å²) in [5, 5.41) is 15.5. The van der Waals surface area contributed by atoms with E-state index in [1.165, 1.54) is 22.8 Å². The topological polar surface area (TPSA) is 98.1 Å². The van der Waals surface area contributed by atoms with Gasteiger partial charge in [-0.3, -0.25) is 4.57 Å². The summed E-state index contributed by atoms with van der Waals surface area (Å²) in [6, 6.07) is 2.35. The van der Waals surface area contributed by atoms with E-state index in [2.05, 4.69) is 10.4 Å². The molecule has 2 rings (SSSR count). The van der Waals surface area contributed by atoms with Gasteiger partial charge in [-0.1, -0.05) is 0 Å². The monoisotopic (exact) mass is 345 g/mol. The van der Waals surface area contributed by atoms with E-state index >= 15 is 0 Å². The number of hydrogen-bond acceptors (Lipinski definition) is 5. The predicted molar refractivity (Wildman–Crippen MR) is 83.0 cm³/mol. The van der Waals surface area contributed by atoms with Crippen LogP contribution in [-0.2, 0) is 13.2 Å². The smallest absolute Gasteiger partial charge is 0.397 e. The molecule has 0 aliphatic rings. The van der Waals surface area contributed by atoms with E-state index in [9.17, 15) is 23.1 Å². The lowest BCUT2D eigenvalue weighted by Gasteiger charge is -2.20. The molecule has 0 saturated carbocycles. The first-order valence-electron chi connectivity index (χ1n) is 7.21. The molecular formula is C14H18F3N5O2. The third-order valence-electron chi connectivity index (χ3n) is 3.54. The van der Waals surface area contributed by atoms with E-state index in [1.54, 1.807) is 6.92 Å². The maximum atomic E-state index is 12.7. The van der Waals surface area contributed by atoms with Crippen LogP contribution in [0, 0.1) is 0 Å². The summed E-state index contributed by atoms with van der Waals surface area (Å²) < 4.78 is 40.4. The third kappa shape index (κ3) is 3.37. The van der Waals surface area contributed by atoms with E-state index in [1.807, 2.05) is 0 Å². The van der Waals surface area contributed by atoms with Crippen LogP contribution in [0.5, 0.6) is 0 Å². The number of halogens is 3. The van der Waals surface area contributed by atoms with Crippen LogP contribution >= 0.6 is 0 Å². The minimum atomic E-state index is -4.44. The van der Waals surface area contributed by atoms with Gasteiger partial charge in [-0.05, 0) is 32.0 Å². The molecule has 0 aliphatic heterocycles. The Bertz CT molecular complexity index is 782. The Balaban J connectivity index is 2.45. The number of benzene rings is 1. The zero-order valence-electron chi connectivity index (χ0n) is 13.1. The molecule has 7 nitrogen and oxygen atoms in total. The number of rotatable bonds is 5. The molecule has 0 unspecified atom stereocenters. The van der Waals surface area contributed by atoms with Crippen molar-refractivity contribution in [2.24, 2.45) is 0 Å². The molecule has 1 aromatic heterocycles. The second kappa shape index (κ2) is 6.56. The van der Waals surface area contributed by atoms with Crippen molar-refractivity contribution in [1.82, 2.24) is 14.3 Å². The minimum Gasteiger partial charge on any atom is -0.397 e. The van der Waals surface area contributed by atoms with Gasteiger partial charge in [-0.25, -0.2) is 4.79 Å². The number of aliphatic hydroxyl groups excluding tert-OH is 1. The van der Waals surface area contributed by atoms with Gasteiger partial charge in [0.05, 0.1) is 17.1 Å². The van der Waals surface area contributed by atoms with Crippen LogP contribution in [0.25, 0.3) is 5.69 Å². The number of aromatic nitrogens is 3. The molecule has 0 saturated heterocycles. The molecule has 2 aromatic rings. The number of nitrogens with zero attached hydrogens (tertiary/aromatic N) is 3. The summed E-state index contributed by atoms with van der Waals surface area (Å²) in [5.41, 5.74) is 5.60. The first kappa shape index (κ1) is 17.9. The van der Waals surface area contributed by atoms with Crippen LogP contribution in [0.1, 0.15) is 19.7 Å². The Labute approximate surface area is 135 Å². The van der Waals surface area contributed by atoms with E-state index < -0.39 is 24.5 Å². The van der Waals surface area contributed by atoms with Gasteiger partial charge in [0.1, 0.15) is 12.6 Å². The van der Waals surface area contributed by atoms with Crippen molar-refractivity contribution in [3.05, 3.63) is 34.5 Å². The summed E-state index contributed by atoms with van der Waals surface area (Å²) in [7, 11) is 0.